The highest BCUT2D eigenvalue weighted by Gasteiger charge is 2.12. The standard InChI is InChI=1S/C16H21ClN4O/c17-14-7-3-2-6-13(14)16-20-19-15(22-16)12-18-8-11-21-9-4-1-5-10-21/h2-3,6-7,18H,1,4-5,8-12H2. The van der Waals surface area contributed by atoms with Gasteiger partial charge < -0.3 is 14.6 Å². The number of halogens is 1. The van der Waals surface area contributed by atoms with Gasteiger partial charge in [0, 0.05) is 13.1 Å². The Hall–Kier alpha value is -1.43. The quantitative estimate of drug-likeness (QED) is 0.829. The van der Waals surface area contributed by atoms with Gasteiger partial charge in [0.1, 0.15) is 0 Å². The minimum atomic E-state index is 0.471. The van der Waals surface area contributed by atoms with Crippen LogP contribution < -0.4 is 5.32 Å². The molecule has 1 aliphatic heterocycles. The highest BCUT2D eigenvalue weighted by atomic mass is 35.5. The van der Waals surface area contributed by atoms with E-state index in [4.69, 9.17) is 16.0 Å². The third-order valence-electron chi connectivity index (χ3n) is 3.90. The number of likely N-dealkylation sites (tertiary alicyclic amines) is 1. The number of nitrogens with zero attached hydrogens (tertiary/aromatic N) is 3. The summed E-state index contributed by atoms with van der Waals surface area (Å²) in [6.07, 6.45) is 4.02. The minimum absolute atomic E-state index is 0.471. The number of rotatable bonds is 6. The van der Waals surface area contributed by atoms with Gasteiger partial charge >= 0.3 is 0 Å². The molecule has 118 valence electrons. The molecule has 1 N–H and O–H groups in total. The molecule has 1 fully saturated rings. The Morgan fingerprint density at radius 2 is 1.95 bits per heavy atom. The van der Waals surface area contributed by atoms with Crippen LogP contribution in [0.2, 0.25) is 5.02 Å². The molecule has 1 aromatic heterocycles. The zero-order valence-corrected chi connectivity index (χ0v) is 13.4. The number of hydrogen-bond donors (Lipinski definition) is 1. The molecule has 0 unspecified atom stereocenters. The molecule has 2 heterocycles. The average molecular weight is 321 g/mol. The Kier molecular flexibility index (Phi) is 5.43. The molecule has 6 heteroatoms. The Morgan fingerprint density at radius 3 is 2.77 bits per heavy atom. The monoisotopic (exact) mass is 320 g/mol. The molecule has 5 nitrogen and oxygen atoms in total. The molecule has 0 spiro atoms. The Bertz CT molecular complexity index is 595. The first-order chi connectivity index (χ1) is 10.8. The normalized spacial score (nSPS) is 16.0. The molecule has 0 saturated carbocycles. The van der Waals surface area contributed by atoms with Crippen LogP contribution in [0.1, 0.15) is 25.2 Å². The summed E-state index contributed by atoms with van der Waals surface area (Å²) in [4.78, 5) is 2.50. The van der Waals surface area contributed by atoms with E-state index in [2.05, 4.69) is 20.4 Å². The van der Waals surface area contributed by atoms with E-state index >= 15 is 0 Å². The first kappa shape index (κ1) is 15.5. The lowest BCUT2D eigenvalue weighted by atomic mass is 10.1. The molecule has 0 atom stereocenters. The van der Waals surface area contributed by atoms with E-state index in [1.165, 1.54) is 32.4 Å². The molecule has 0 aliphatic carbocycles. The molecular formula is C16H21ClN4O. The summed E-state index contributed by atoms with van der Waals surface area (Å²) < 4.78 is 5.66. The molecular weight excluding hydrogens is 300 g/mol. The Morgan fingerprint density at radius 1 is 1.14 bits per heavy atom. The Balaban J connectivity index is 1.47. The van der Waals surface area contributed by atoms with Crippen molar-refractivity contribution in [2.24, 2.45) is 0 Å². The Labute approximate surface area is 135 Å². The van der Waals surface area contributed by atoms with Crippen LogP contribution in [-0.4, -0.2) is 41.3 Å². The van der Waals surface area contributed by atoms with Crippen LogP contribution in [0.4, 0.5) is 0 Å². The van der Waals surface area contributed by atoms with Crippen molar-refractivity contribution in [3.05, 3.63) is 35.2 Å². The van der Waals surface area contributed by atoms with Gasteiger partial charge in [-0.15, -0.1) is 10.2 Å². The molecule has 1 aromatic carbocycles. The summed E-state index contributed by atoms with van der Waals surface area (Å²) in [6.45, 7) is 5.04. The van der Waals surface area contributed by atoms with Crippen molar-refractivity contribution in [1.29, 1.82) is 0 Å². The van der Waals surface area contributed by atoms with E-state index in [1.54, 1.807) is 0 Å². The molecule has 0 amide bonds. The first-order valence-electron chi connectivity index (χ1n) is 7.83. The fraction of sp³-hybridized carbons (Fsp3) is 0.500. The van der Waals surface area contributed by atoms with Crippen LogP contribution >= 0.6 is 11.6 Å². The van der Waals surface area contributed by atoms with Gasteiger partial charge in [-0.25, -0.2) is 0 Å². The van der Waals surface area contributed by atoms with Gasteiger partial charge in [0.2, 0.25) is 11.8 Å². The van der Waals surface area contributed by atoms with Gasteiger partial charge in [-0.05, 0) is 38.1 Å². The second-order valence-corrected chi connectivity index (χ2v) is 5.97. The maximum atomic E-state index is 6.13. The van der Waals surface area contributed by atoms with Gasteiger partial charge in [0.25, 0.3) is 0 Å². The number of nitrogens with one attached hydrogen (secondary N) is 1. The molecule has 0 bridgehead atoms. The lowest BCUT2D eigenvalue weighted by Gasteiger charge is -2.26. The van der Waals surface area contributed by atoms with Crippen molar-refractivity contribution in [2.75, 3.05) is 26.2 Å². The van der Waals surface area contributed by atoms with Gasteiger partial charge in [0.15, 0.2) is 0 Å². The van der Waals surface area contributed by atoms with E-state index in [1.807, 2.05) is 24.3 Å². The van der Waals surface area contributed by atoms with Crippen molar-refractivity contribution in [2.45, 2.75) is 25.8 Å². The highest BCUT2D eigenvalue weighted by Crippen LogP contribution is 2.26. The van der Waals surface area contributed by atoms with Crippen LogP contribution in [0.15, 0.2) is 28.7 Å². The highest BCUT2D eigenvalue weighted by molar-refractivity contribution is 6.33. The third kappa shape index (κ3) is 4.06. The molecule has 2 aromatic rings. The predicted molar refractivity (Wildman–Crippen MR) is 86.7 cm³/mol. The van der Waals surface area contributed by atoms with Crippen molar-refractivity contribution in [3.63, 3.8) is 0 Å². The summed E-state index contributed by atoms with van der Waals surface area (Å²) in [6, 6.07) is 7.48. The molecule has 1 saturated heterocycles. The summed E-state index contributed by atoms with van der Waals surface area (Å²) in [5.74, 6) is 1.06. The van der Waals surface area contributed by atoms with Crippen molar-refractivity contribution < 1.29 is 4.42 Å². The summed E-state index contributed by atoms with van der Waals surface area (Å²) in [5, 5.41) is 12.1. The fourth-order valence-corrected chi connectivity index (χ4v) is 2.90. The minimum Gasteiger partial charge on any atom is -0.419 e. The van der Waals surface area contributed by atoms with Crippen molar-refractivity contribution in [1.82, 2.24) is 20.4 Å². The second-order valence-electron chi connectivity index (χ2n) is 5.56. The van der Waals surface area contributed by atoms with E-state index in [9.17, 15) is 0 Å². The van der Waals surface area contributed by atoms with Gasteiger partial charge in [-0.1, -0.05) is 30.2 Å². The van der Waals surface area contributed by atoms with E-state index in [0.717, 1.165) is 18.7 Å². The van der Waals surface area contributed by atoms with Gasteiger partial charge in [-0.2, -0.15) is 0 Å². The number of benzene rings is 1. The zero-order valence-electron chi connectivity index (χ0n) is 12.6. The van der Waals surface area contributed by atoms with Gasteiger partial charge in [0.05, 0.1) is 17.1 Å². The lowest BCUT2D eigenvalue weighted by molar-refractivity contribution is 0.228. The lowest BCUT2D eigenvalue weighted by Crippen LogP contribution is -2.35. The SMILES string of the molecule is Clc1ccccc1-c1nnc(CNCCN2CCCCC2)o1. The smallest absolute Gasteiger partial charge is 0.249 e. The maximum absolute atomic E-state index is 6.13. The third-order valence-corrected chi connectivity index (χ3v) is 4.23. The van der Waals surface area contributed by atoms with Crippen molar-refractivity contribution in [3.8, 4) is 11.5 Å². The summed E-state index contributed by atoms with van der Waals surface area (Å²) in [5.41, 5.74) is 0.774. The maximum Gasteiger partial charge on any atom is 0.249 e. The molecule has 3 rings (SSSR count). The molecule has 0 radical (unpaired) electrons. The van der Waals surface area contributed by atoms with E-state index < -0.39 is 0 Å². The van der Waals surface area contributed by atoms with Crippen LogP contribution in [0, 0.1) is 0 Å². The van der Waals surface area contributed by atoms with Gasteiger partial charge in [-0.3, -0.25) is 0 Å². The predicted octanol–water partition coefficient (Wildman–Crippen LogP) is 2.97. The topological polar surface area (TPSA) is 54.2 Å². The summed E-state index contributed by atoms with van der Waals surface area (Å²) in [7, 11) is 0. The largest absolute Gasteiger partial charge is 0.419 e. The van der Waals surface area contributed by atoms with Crippen LogP contribution in [-0.2, 0) is 6.54 Å². The number of hydrogen-bond acceptors (Lipinski definition) is 5. The average Bonchev–Trinajstić information content (AvgIpc) is 3.02. The van der Waals surface area contributed by atoms with E-state index in [0.29, 0.717) is 23.3 Å². The van der Waals surface area contributed by atoms with Crippen LogP contribution in [0.25, 0.3) is 11.5 Å². The van der Waals surface area contributed by atoms with E-state index in [-0.39, 0.29) is 0 Å². The van der Waals surface area contributed by atoms with Crippen LogP contribution in [0.5, 0.6) is 0 Å². The van der Waals surface area contributed by atoms with Crippen LogP contribution in [0.3, 0.4) is 0 Å². The molecule has 1 aliphatic rings. The van der Waals surface area contributed by atoms with Crippen molar-refractivity contribution >= 4 is 11.6 Å². The fourth-order valence-electron chi connectivity index (χ4n) is 2.68. The number of aromatic nitrogens is 2. The first-order valence-corrected chi connectivity index (χ1v) is 8.21. The second kappa shape index (κ2) is 7.72. The zero-order chi connectivity index (χ0) is 15.2. The number of piperidine rings is 1. The molecule has 22 heavy (non-hydrogen) atoms. The summed E-state index contributed by atoms with van der Waals surface area (Å²) >= 11 is 6.13.